The number of amides is 2. The fourth-order valence-corrected chi connectivity index (χ4v) is 2.40. The number of hydrogen-bond donors (Lipinski definition) is 2. The average molecular weight is 332 g/mol. The molecule has 1 aromatic rings. The van der Waals surface area contributed by atoms with Gasteiger partial charge in [0.2, 0.25) is 0 Å². The number of rotatable bonds is 3. The van der Waals surface area contributed by atoms with Gasteiger partial charge < -0.3 is 20.1 Å². The minimum absolute atomic E-state index is 0.134. The molecule has 2 amide bonds. The van der Waals surface area contributed by atoms with Crippen LogP contribution in [0, 0.1) is 0 Å². The van der Waals surface area contributed by atoms with Crippen molar-refractivity contribution in [3.8, 4) is 5.75 Å². The zero-order chi connectivity index (χ0) is 17.1. The molecule has 0 unspecified atom stereocenters. The van der Waals surface area contributed by atoms with E-state index in [1.54, 1.807) is 31.4 Å². The lowest BCUT2D eigenvalue weighted by molar-refractivity contribution is -0.271. The quantitative estimate of drug-likeness (QED) is 0.893. The maximum absolute atomic E-state index is 12.7. The molecule has 8 heteroatoms. The van der Waals surface area contributed by atoms with Gasteiger partial charge >= 0.3 is 12.2 Å². The maximum atomic E-state index is 12.7. The summed E-state index contributed by atoms with van der Waals surface area (Å²) in [4.78, 5) is 13.3. The number of hydrogen-bond acceptors (Lipinski definition) is 3. The SMILES string of the molecule is COc1ccc(CNC(=O)N2CCC(O)(C(F)(F)F)CC2)cc1. The van der Waals surface area contributed by atoms with Crippen LogP contribution in [0.25, 0.3) is 0 Å². The number of nitrogens with one attached hydrogen (secondary N) is 1. The number of benzene rings is 1. The topological polar surface area (TPSA) is 61.8 Å². The van der Waals surface area contributed by atoms with Gasteiger partial charge in [0.15, 0.2) is 5.60 Å². The Kier molecular flexibility index (Phi) is 5.03. The number of halogens is 3. The van der Waals surface area contributed by atoms with Crippen LogP contribution in [-0.4, -0.2) is 48.0 Å². The van der Waals surface area contributed by atoms with E-state index in [2.05, 4.69) is 5.32 Å². The van der Waals surface area contributed by atoms with Crippen LogP contribution >= 0.6 is 0 Å². The van der Waals surface area contributed by atoms with E-state index < -0.39 is 30.7 Å². The minimum atomic E-state index is -4.67. The second-order valence-corrected chi connectivity index (χ2v) is 5.52. The van der Waals surface area contributed by atoms with Gasteiger partial charge in [-0.1, -0.05) is 12.1 Å². The van der Waals surface area contributed by atoms with E-state index >= 15 is 0 Å². The van der Waals surface area contributed by atoms with Gasteiger partial charge in [0.1, 0.15) is 5.75 Å². The number of aliphatic hydroxyl groups is 1. The number of alkyl halides is 3. The van der Waals surface area contributed by atoms with Gasteiger partial charge in [-0.15, -0.1) is 0 Å². The summed E-state index contributed by atoms with van der Waals surface area (Å²) in [7, 11) is 1.55. The summed E-state index contributed by atoms with van der Waals surface area (Å²) in [6.07, 6.45) is -5.68. The highest BCUT2D eigenvalue weighted by Gasteiger charge is 2.54. The second-order valence-electron chi connectivity index (χ2n) is 5.52. The van der Waals surface area contributed by atoms with Gasteiger partial charge in [-0.05, 0) is 17.7 Å². The number of urea groups is 1. The number of piperidine rings is 1. The first-order chi connectivity index (χ1) is 10.7. The van der Waals surface area contributed by atoms with E-state index in [-0.39, 0.29) is 19.6 Å². The first-order valence-corrected chi connectivity index (χ1v) is 7.20. The summed E-state index contributed by atoms with van der Waals surface area (Å²) in [6.45, 7) is -0.00220. The Balaban J connectivity index is 1.83. The van der Waals surface area contributed by atoms with Crippen molar-refractivity contribution in [2.45, 2.75) is 31.2 Å². The average Bonchev–Trinajstić information content (AvgIpc) is 2.53. The van der Waals surface area contributed by atoms with E-state index in [4.69, 9.17) is 4.74 Å². The largest absolute Gasteiger partial charge is 0.497 e. The molecule has 0 aromatic heterocycles. The number of nitrogens with zero attached hydrogens (tertiary/aromatic N) is 1. The van der Waals surface area contributed by atoms with Crippen LogP contribution in [0.1, 0.15) is 18.4 Å². The summed E-state index contributed by atoms with van der Waals surface area (Å²) in [5.74, 6) is 0.697. The lowest BCUT2D eigenvalue weighted by atomic mass is 9.91. The molecule has 1 fully saturated rings. The molecule has 23 heavy (non-hydrogen) atoms. The zero-order valence-corrected chi connectivity index (χ0v) is 12.7. The lowest BCUT2D eigenvalue weighted by Crippen LogP contribution is -2.55. The number of ether oxygens (including phenoxy) is 1. The Morgan fingerprint density at radius 2 is 1.87 bits per heavy atom. The zero-order valence-electron chi connectivity index (χ0n) is 12.7. The predicted octanol–water partition coefficient (Wildman–Crippen LogP) is 2.29. The Morgan fingerprint density at radius 1 is 1.30 bits per heavy atom. The van der Waals surface area contributed by atoms with Crippen molar-refractivity contribution < 1.29 is 27.8 Å². The summed E-state index contributed by atoms with van der Waals surface area (Å²) in [5.41, 5.74) is -1.84. The van der Waals surface area contributed by atoms with E-state index in [1.807, 2.05) is 0 Å². The molecule has 128 valence electrons. The minimum Gasteiger partial charge on any atom is -0.497 e. The van der Waals surface area contributed by atoms with E-state index in [0.717, 1.165) is 5.56 Å². The molecule has 0 atom stereocenters. The number of carbonyl (C=O) groups is 1. The smallest absolute Gasteiger partial charge is 0.417 e. The van der Waals surface area contributed by atoms with E-state index in [9.17, 15) is 23.1 Å². The van der Waals surface area contributed by atoms with Crippen molar-refractivity contribution >= 4 is 6.03 Å². The molecule has 1 heterocycles. The summed E-state index contributed by atoms with van der Waals surface area (Å²) < 4.78 is 43.1. The number of likely N-dealkylation sites (tertiary alicyclic amines) is 1. The van der Waals surface area contributed by atoms with Crippen LogP contribution in [0.5, 0.6) is 5.75 Å². The highest BCUT2D eigenvalue weighted by molar-refractivity contribution is 5.74. The van der Waals surface area contributed by atoms with Gasteiger partial charge in [0, 0.05) is 32.5 Å². The van der Waals surface area contributed by atoms with Crippen molar-refractivity contribution in [1.82, 2.24) is 10.2 Å². The van der Waals surface area contributed by atoms with Crippen LogP contribution < -0.4 is 10.1 Å². The molecular weight excluding hydrogens is 313 g/mol. The summed E-state index contributed by atoms with van der Waals surface area (Å²) >= 11 is 0. The van der Waals surface area contributed by atoms with Crippen LogP contribution in [0.3, 0.4) is 0 Å². The normalized spacial score (nSPS) is 17.7. The highest BCUT2D eigenvalue weighted by Crippen LogP contribution is 2.38. The standard InChI is InChI=1S/C15H19F3N2O3/c1-23-12-4-2-11(3-5-12)10-19-13(21)20-8-6-14(22,7-9-20)15(16,17)18/h2-5,22H,6-10H2,1H3,(H,19,21). The molecular formula is C15H19F3N2O3. The van der Waals surface area contributed by atoms with Crippen molar-refractivity contribution in [3.05, 3.63) is 29.8 Å². The molecule has 0 saturated carbocycles. The first kappa shape index (κ1) is 17.4. The Bertz CT molecular complexity index is 538. The highest BCUT2D eigenvalue weighted by atomic mass is 19.4. The van der Waals surface area contributed by atoms with E-state index in [0.29, 0.717) is 5.75 Å². The molecule has 1 aliphatic rings. The Morgan fingerprint density at radius 3 is 2.35 bits per heavy atom. The predicted molar refractivity (Wildman–Crippen MR) is 77.0 cm³/mol. The second kappa shape index (κ2) is 6.66. The van der Waals surface area contributed by atoms with Crippen LogP contribution in [0.4, 0.5) is 18.0 Å². The molecule has 2 N–H and O–H groups in total. The van der Waals surface area contributed by atoms with Crippen LogP contribution in [0.2, 0.25) is 0 Å². The number of methoxy groups -OCH3 is 1. The monoisotopic (exact) mass is 332 g/mol. The van der Waals surface area contributed by atoms with Crippen molar-refractivity contribution in [2.24, 2.45) is 0 Å². The van der Waals surface area contributed by atoms with Crippen molar-refractivity contribution in [1.29, 1.82) is 0 Å². The Hall–Kier alpha value is -1.96. The van der Waals surface area contributed by atoms with E-state index in [1.165, 1.54) is 4.90 Å². The molecule has 1 aliphatic heterocycles. The van der Waals surface area contributed by atoms with Gasteiger partial charge in [0.25, 0.3) is 0 Å². The first-order valence-electron chi connectivity index (χ1n) is 7.20. The van der Waals surface area contributed by atoms with Gasteiger partial charge in [0.05, 0.1) is 7.11 Å². The molecule has 1 aromatic carbocycles. The fourth-order valence-electron chi connectivity index (χ4n) is 2.40. The molecule has 1 saturated heterocycles. The van der Waals surface area contributed by atoms with Crippen molar-refractivity contribution in [2.75, 3.05) is 20.2 Å². The molecule has 0 aliphatic carbocycles. The molecule has 0 bridgehead atoms. The van der Waals surface area contributed by atoms with Crippen LogP contribution in [0.15, 0.2) is 24.3 Å². The molecule has 0 spiro atoms. The molecule has 0 radical (unpaired) electrons. The molecule has 2 rings (SSSR count). The van der Waals surface area contributed by atoms with Crippen LogP contribution in [-0.2, 0) is 6.54 Å². The third-order valence-corrected chi connectivity index (χ3v) is 4.01. The van der Waals surface area contributed by atoms with Crippen molar-refractivity contribution in [3.63, 3.8) is 0 Å². The summed E-state index contributed by atoms with van der Waals surface area (Å²) in [6, 6.07) is 6.65. The van der Waals surface area contributed by atoms with Gasteiger partial charge in [-0.3, -0.25) is 0 Å². The third-order valence-electron chi connectivity index (χ3n) is 4.01. The van der Waals surface area contributed by atoms with Gasteiger partial charge in [-0.25, -0.2) is 4.79 Å². The van der Waals surface area contributed by atoms with Gasteiger partial charge in [-0.2, -0.15) is 13.2 Å². The number of carbonyl (C=O) groups excluding carboxylic acids is 1. The Labute approximate surface area is 132 Å². The molecule has 5 nitrogen and oxygen atoms in total. The fraction of sp³-hybridized carbons (Fsp3) is 0.533. The summed E-state index contributed by atoms with van der Waals surface area (Å²) in [5, 5.41) is 12.2. The maximum Gasteiger partial charge on any atom is 0.417 e. The third kappa shape index (κ3) is 4.07. The lowest BCUT2D eigenvalue weighted by Gasteiger charge is -2.39.